The summed E-state index contributed by atoms with van der Waals surface area (Å²) in [6.07, 6.45) is 0. The molecule has 0 saturated carbocycles. The van der Waals surface area contributed by atoms with Gasteiger partial charge in [0.05, 0.1) is 4.92 Å². The van der Waals surface area contributed by atoms with Gasteiger partial charge >= 0.3 is 0 Å². The number of nitro benzene ring substituents is 1. The van der Waals surface area contributed by atoms with E-state index in [0.717, 1.165) is 12.6 Å². The van der Waals surface area contributed by atoms with Gasteiger partial charge < -0.3 is 10.2 Å². The maximum Gasteiger partial charge on any atom is 0.292 e. The fourth-order valence-electron chi connectivity index (χ4n) is 2.06. The number of halogens is 1. The van der Waals surface area contributed by atoms with Crippen molar-refractivity contribution in [3.8, 4) is 0 Å². The van der Waals surface area contributed by atoms with Gasteiger partial charge in [0.15, 0.2) is 0 Å². The van der Waals surface area contributed by atoms with E-state index in [2.05, 4.69) is 5.32 Å². The maximum absolute atomic E-state index is 13.2. The summed E-state index contributed by atoms with van der Waals surface area (Å²) in [5.74, 6) is -0.447. The molecule has 1 aliphatic heterocycles. The van der Waals surface area contributed by atoms with Gasteiger partial charge in [-0.3, -0.25) is 10.1 Å². The van der Waals surface area contributed by atoms with Gasteiger partial charge in [0.1, 0.15) is 11.5 Å². The maximum atomic E-state index is 13.2. The van der Waals surface area contributed by atoms with Crippen molar-refractivity contribution in [3.63, 3.8) is 0 Å². The second-order valence-corrected chi connectivity index (χ2v) is 4.19. The first-order valence-electron chi connectivity index (χ1n) is 5.50. The van der Waals surface area contributed by atoms with Crippen LogP contribution in [0.15, 0.2) is 18.2 Å². The molecule has 2 rings (SSSR count). The molecule has 0 aliphatic carbocycles. The average molecular weight is 239 g/mol. The Hall–Kier alpha value is -1.69. The third-order valence-corrected chi connectivity index (χ3v) is 2.84. The number of nitro groups is 1. The van der Waals surface area contributed by atoms with Gasteiger partial charge in [0.2, 0.25) is 0 Å². The Labute approximate surface area is 98.4 Å². The molecule has 1 unspecified atom stereocenters. The number of piperazine rings is 1. The predicted molar refractivity (Wildman–Crippen MR) is 62.7 cm³/mol. The zero-order chi connectivity index (χ0) is 12.4. The normalized spacial score (nSPS) is 20.4. The van der Waals surface area contributed by atoms with Crippen molar-refractivity contribution in [2.75, 3.05) is 24.5 Å². The van der Waals surface area contributed by atoms with Gasteiger partial charge in [-0.05, 0) is 13.0 Å². The van der Waals surface area contributed by atoms with Crippen LogP contribution in [-0.2, 0) is 0 Å². The largest absolute Gasteiger partial charge is 0.363 e. The van der Waals surface area contributed by atoms with Gasteiger partial charge in [-0.2, -0.15) is 0 Å². The van der Waals surface area contributed by atoms with Gasteiger partial charge in [-0.25, -0.2) is 4.39 Å². The summed E-state index contributed by atoms with van der Waals surface area (Å²) < 4.78 is 13.2. The van der Waals surface area contributed by atoms with Crippen LogP contribution in [0.25, 0.3) is 0 Å². The lowest BCUT2D eigenvalue weighted by Crippen LogP contribution is -2.49. The number of hydrogen-bond acceptors (Lipinski definition) is 4. The molecule has 0 radical (unpaired) electrons. The molecule has 1 N–H and O–H groups in total. The Kier molecular flexibility index (Phi) is 3.23. The minimum atomic E-state index is -0.471. The molecule has 5 nitrogen and oxygen atoms in total. The van der Waals surface area contributed by atoms with Crippen LogP contribution in [0, 0.1) is 15.9 Å². The number of anilines is 1. The van der Waals surface area contributed by atoms with Crippen molar-refractivity contribution in [1.82, 2.24) is 5.32 Å². The molecule has 17 heavy (non-hydrogen) atoms. The molecule has 1 aliphatic rings. The fourth-order valence-corrected chi connectivity index (χ4v) is 2.06. The molecule has 92 valence electrons. The molecule has 1 aromatic carbocycles. The second kappa shape index (κ2) is 4.67. The van der Waals surface area contributed by atoms with Crippen LogP contribution in [0.4, 0.5) is 15.8 Å². The molecular weight excluding hydrogens is 225 g/mol. The summed E-state index contributed by atoms with van der Waals surface area (Å²) in [7, 11) is 0. The molecule has 1 heterocycles. The lowest BCUT2D eigenvalue weighted by Gasteiger charge is -2.33. The number of benzene rings is 1. The first kappa shape index (κ1) is 11.8. The van der Waals surface area contributed by atoms with E-state index in [1.165, 1.54) is 12.1 Å². The van der Waals surface area contributed by atoms with E-state index < -0.39 is 10.7 Å². The Morgan fingerprint density at radius 3 is 3.00 bits per heavy atom. The molecule has 1 saturated heterocycles. The molecule has 1 fully saturated rings. The Bertz CT molecular complexity index is 439. The lowest BCUT2D eigenvalue weighted by atomic mass is 10.2. The molecule has 1 aromatic rings. The molecule has 1 atom stereocenters. The summed E-state index contributed by atoms with van der Waals surface area (Å²) in [5.41, 5.74) is 0.323. The number of nitrogens with zero attached hydrogens (tertiary/aromatic N) is 2. The van der Waals surface area contributed by atoms with E-state index in [4.69, 9.17) is 0 Å². The summed E-state index contributed by atoms with van der Waals surface area (Å²) in [6, 6.07) is 3.81. The van der Waals surface area contributed by atoms with Gasteiger partial charge in [0, 0.05) is 37.8 Å². The highest BCUT2D eigenvalue weighted by Crippen LogP contribution is 2.29. The van der Waals surface area contributed by atoms with E-state index in [1.54, 1.807) is 0 Å². The summed E-state index contributed by atoms with van der Waals surface area (Å²) in [4.78, 5) is 12.3. The second-order valence-electron chi connectivity index (χ2n) is 4.19. The van der Waals surface area contributed by atoms with Crippen LogP contribution < -0.4 is 10.2 Å². The van der Waals surface area contributed by atoms with Gasteiger partial charge in [-0.15, -0.1) is 0 Å². The van der Waals surface area contributed by atoms with Crippen LogP contribution in [0.5, 0.6) is 0 Å². The third-order valence-electron chi connectivity index (χ3n) is 2.84. The SMILES string of the molecule is CC1CN(c2cc(F)ccc2[N+](=O)[O-])CCN1. The predicted octanol–water partition coefficient (Wildman–Crippen LogP) is 1.53. The van der Waals surface area contributed by atoms with E-state index in [1.807, 2.05) is 11.8 Å². The van der Waals surface area contributed by atoms with Crippen molar-refractivity contribution in [3.05, 3.63) is 34.1 Å². The minimum Gasteiger partial charge on any atom is -0.363 e. The Balaban J connectivity index is 2.35. The summed E-state index contributed by atoms with van der Waals surface area (Å²) in [6.45, 7) is 4.03. The number of hydrogen-bond donors (Lipinski definition) is 1. The number of rotatable bonds is 2. The van der Waals surface area contributed by atoms with Crippen LogP contribution in [-0.4, -0.2) is 30.6 Å². The Morgan fingerprint density at radius 1 is 1.59 bits per heavy atom. The van der Waals surface area contributed by atoms with Gasteiger partial charge in [-0.1, -0.05) is 0 Å². The van der Waals surface area contributed by atoms with E-state index in [9.17, 15) is 14.5 Å². The number of nitrogens with one attached hydrogen (secondary N) is 1. The smallest absolute Gasteiger partial charge is 0.292 e. The highest BCUT2D eigenvalue weighted by Gasteiger charge is 2.23. The highest BCUT2D eigenvalue weighted by atomic mass is 19.1. The van der Waals surface area contributed by atoms with E-state index >= 15 is 0 Å². The minimum absolute atomic E-state index is 0.0412. The van der Waals surface area contributed by atoms with Crippen LogP contribution in [0.1, 0.15) is 6.92 Å². The van der Waals surface area contributed by atoms with E-state index in [0.29, 0.717) is 18.8 Å². The standard InChI is InChI=1S/C11H14FN3O2/c1-8-7-14(5-4-13-8)11-6-9(12)2-3-10(11)15(16)17/h2-3,6,8,13H,4-5,7H2,1H3. The van der Waals surface area contributed by atoms with Crippen LogP contribution >= 0.6 is 0 Å². The first-order chi connectivity index (χ1) is 8.08. The Morgan fingerprint density at radius 2 is 2.35 bits per heavy atom. The van der Waals surface area contributed by atoms with Crippen LogP contribution in [0.2, 0.25) is 0 Å². The fraction of sp³-hybridized carbons (Fsp3) is 0.455. The lowest BCUT2D eigenvalue weighted by molar-refractivity contribution is -0.384. The average Bonchev–Trinajstić information content (AvgIpc) is 2.28. The summed E-state index contributed by atoms with van der Waals surface area (Å²) >= 11 is 0. The first-order valence-corrected chi connectivity index (χ1v) is 5.50. The molecule has 6 heteroatoms. The monoisotopic (exact) mass is 239 g/mol. The third kappa shape index (κ3) is 2.52. The summed E-state index contributed by atoms with van der Waals surface area (Å²) in [5, 5.41) is 14.1. The quantitative estimate of drug-likeness (QED) is 0.628. The molecule has 0 spiro atoms. The highest BCUT2D eigenvalue weighted by molar-refractivity contribution is 5.63. The molecule has 0 aromatic heterocycles. The van der Waals surface area contributed by atoms with E-state index in [-0.39, 0.29) is 11.7 Å². The van der Waals surface area contributed by atoms with Crippen molar-refractivity contribution >= 4 is 11.4 Å². The molecular formula is C11H14FN3O2. The molecule has 0 bridgehead atoms. The zero-order valence-electron chi connectivity index (χ0n) is 9.52. The van der Waals surface area contributed by atoms with Crippen molar-refractivity contribution in [2.45, 2.75) is 13.0 Å². The van der Waals surface area contributed by atoms with Crippen molar-refractivity contribution in [1.29, 1.82) is 0 Å². The van der Waals surface area contributed by atoms with Gasteiger partial charge in [0.25, 0.3) is 5.69 Å². The van der Waals surface area contributed by atoms with Crippen LogP contribution in [0.3, 0.4) is 0 Å². The van der Waals surface area contributed by atoms with Crippen molar-refractivity contribution < 1.29 is 9.31 Å². The molecule has 0 amide bonds. The zero-order valence-corrected chi connectivity index (χ0v) is 9.52. The van der Waals surface area contributed by atoms with Crippen molar-refractivity contribution in [2.24, 2.45) is 0 Å². The topological polar surface area (TPSA) is 58.4 Å².